The fraction of sp³-hybridized carbons (Fsp3) is 0.367. The number of hydrogen-bond donors (Lipinski definition) is 1. The summed E-state index contributed by atoms with van der Waals surface area (Å²) in [5.41, 5.74) is 4.12. The highest BCUT2D eigenvalue weighted by Gasteiger charge is 2.64. The van der Waals surface area contributed by atoms with Crippen LogP contribution in [0.2, 0.25) is 0 Å². The number of carbonyl (C=O) groups is 3. The first-order valence-corrected chi connectivity index (χ1v) is 14.4. The molecule has 1 aliphatic heterocycles. The number of fused-ring (bicyclic) bond motifs is 2. The maximum absolute atomic E-state index is 13.9. The zero-order valence-electron chi connectivity index (χ0n) is 23.9. The van der Waals surface area contributed by atoms with Crippen molar-refractivity contribution in [3.63, 3.8) is 0 Å². The van der Waals surface area contributed by atoms with E-state index < -0.39 is 6.04 Å². The predicted octanol–water partition coefficient (Wildman–Crippen LogP) is 4.50. The molecule has 3 atom stereocenters. The van der Waals surface area contributed by atoms with Gasteiger partial charge in [0, 0.05) is 36.3 Å². The number of pyridine rings is 1. The van der Waals surface area contributed by atoms with Gasteiger partial charge in [-0.05, 0) is 82.9 Å². The van der Waals surface area contributed by atoms with Gasteiger partial charge in [-0.1, -0.05) is 13.0 Å². The molecule has 1 saturated carbocycles. The van der Waals surface area contributed by atoms with Crippen LogP contribution in [-0.2, 0) is 16.1 Å². The Labute approximate surface area is 250 Å². The fourth-order valence-corrected chi connectivity index (χ4v) is 6.35. The van der Waals surface area contributed by atoms with Crippen LogP contribution in [0.1, 0.15) is 48.3 Å². The standard InChI is InChI=1S/C30H30BrN7O4/c1-15-6-7-23(31)34-27(15)35-28(41)21-10-30(4)11-22(30)38(21)24(40)14-37-26-16(2)8-18(9-20(26)25(36-37)17(3)39)19-12-32-29(42-5)33-13-19/h6-9,12-13,21-22H,10-11,14H2,1-5H3,(H,34,35,41)/t21-,22+,30-/m0/s1. The number of rotatable bonds is 7. The molecule has 4 aromatic rings. The van der Waals surface area contributed by atoms with E-state index in [0.717, 1.165) is 28.7 Å². The van der Waals surface area contributed by atoms with Crippen molar-refractivity contribution >= 4 is 50.2 Å². The molecule has 6 rings (SSSR count). The number of nitrogens with one attached hydrogen (secondary N) is 1. The molecular weight excluding hydrogens is 602 g/mol. The maximum atomic E-state index is 13.9. The van der Waals surface area contributed by atoms with Gasteiger partial charge in [-0.3, -0.25) is 19.1 Å². The Morgan fingerprint density at radius 2 is 1.83 bits per heavy atom. The number of ether oxygens (including phenoxy) is 1. The number of ketones is 1. The van der Waals surface area contributed by atoms with Crippen molar-refractivity contribution in [2.24, 2.45) is 5.41 Å². The third-order valence-electron chi connectivity index (χ3n) is 8.33. The van der Waals surface area contributed by atoms with Crippen LogP contribution in [0, 0.1) is 19.3 Å². The minimum Gasteiger partial charge on any atom is -0.467 e. The summed E-state index contributed by atoms with van der Waals surface area (Å²) >= 11 is 3.36. The molecule has 3 aromatic heterocycles. The Morgan fingerprint density at radius 1 is 1.10 bits per heavy atom. The van der Waals surface area contributed by atoms with Gasteiger partial charge in [-0.2, -0.15) is 5.10 Å². The Hall–Kier alpha value is -4.19. The largest absolute Gasteiger partial charge is 0.467 e. The Morgan fingerprint density at radius 3 is 2.52 bits per heavy atom. The summed E-state index contributed by atoms with van der Waals surface area (Å²) in [5.74, 6) is -0.223. The highest BCUT2D eigenvalue weighted by molar-refractivity contribution is 9.10. The minimum atomic E-state index is -0.627. The second kappa shape index (κ2) is 10.3. The number of nitrogens with zero attached hydrogens (tertiary/aromatic N) is 6. The topological polar surface area (TPSA) is 132 Å². The van der Waals surface area contributed by atoms with E-state index in [-0.39, 0.29) is 47.3 Å². The first kappa shape index (κ1) is 28.0. The molecule has 1 aromatic carbocycles. The number of halogens is 1. The number of aryl methyl sites for hydroxylation is 2. The monoisotopic (exact) mass is 631 g/mol. The molecule has 2 fully saturated rings. The highest BCUT2D eigenvalue weighted by Crippen LogP contribution is 2.59. The minimum absolute atomic E-state index is 0.0193. The molecule has 0 bridgehead atoms. The van der Waals surface area contributed by atoms with E-state index in [2.05, 4.69) is 48.2 Å². The lowest BCUT2D eigenvalue weighted by Gasteiger charge is -2.27. The second-order valence-electron chi connectivity index (χ2n) is 11.4. The van der Waals surface area contributed by atoms with E-state index in [1.165, 1.54) is 14.0 Å². The molecule has 42 heavy (non-hydrogen) atoms. The van der Waals surface area contributed by atoms with Crippen molar-refractivity contribution in [2.45, 2.75) is 59.2 Å². The van der Waals surface area contributed by atoms with E-state index in [1.54, 1.807) is 22.0 Å². The lowest BCUT2D eigenvalue weighted by molar-refractivity contribution is -0.138. The van der Waals surface area contributed by atoms with Crippen LogP contribution in [0.5, 0.6) is 6.01 Å². The van der Waals surface area contributed by atoms with Crippen molar-refractivity contribution in [3.8, 4) is 17.1 Å². The van der Waals surface area contributed by atoms with Crippen LogP contribution in [-0.4, -0.2) is 66.4 Å². The number of methoxy groups -OCH3 is 1. The SMILES string of the molecule is COc1ncc(-c2cc(C)c3c(c2)c(C(C)=O)nn3CC(=O)N2[C@H](C(=O)Nc3nc(Br)ccc3C)C[C@@]3(C)C[C@@H]23)cn1. The number of anilines is 1. The van der Waals surface area contributed by atoms with Gasteiger partial charge in [-0.15, -0.1) is 0 Å². The molecule has 1 saturated heterocycles. The Bertz CT molecular complexity index is 1770. The fourth-order valence-electron chi connectivity index (χ4n) is 6.04. The maximum Gasteiger partial charge on any atom is 0.316 e. The van der Waals surface area contributed by atoms with Gasteiger partial charge in [0.15, 0.2) is 5.78 Å². The Kier molecular flexibility index (Phi) is 6.83. The molecular formula is C30H30BrN7O4. The molecule has 11 nitrogen and oxygen atoms in total. The van der Waals surface area contributed by atoms with Crippen molar-refractivity contribution in [3.05, 3.63) is 58.1 Å². The zero-order chi connectivity index (χ0) is 29.9. The van der Waals surface area contributed by atoms with Crippen LogP contribution in [0.4, 0.5) is 5.82 Å². The smallest absolute Gasteiger partial charge is 0.316 e. The molecule has 1 N–H and O–H groups in total. The van der Waals surface area contributed by atoms with E-state index in [0.29, 0.717) is 27.7 Å². The normalized spacial score (nSPS) is 20.9. The van der Waals surface area contributed by atoms with Gasteiger partial charge < -0.3 is 15.0 Å². The van der Waals surface area contributed by atoms with Gasteiger partial charge in [-0.25, -0.2) is 15.0 Å². The van der Waals surface area contributed by atoms with Gasteiger partial charge in [0.25, 0.3) is 0 Å². The summed E-state index contributed by atoms with van der Waals surface area (Å²) in [6.45, 7) is 7.26. The molecule has 0 unspecified atom stereocenters. The summed E-state index contributed by atoms with van der Waals surface area (Å²) in [5, 5.41) is 8.16. The zero-order valence-corrected chi connectivity index (χ0v) is 25.5. The number of piperidine rings is 1. The molecule has 0 spiro atoms. The quantitative estimate of drug-likeness (QED) is 0.233. The lowest BCUT2D eigenvalue weighted by atomic mass is 10.0. The van der Waals surface area contributed by atoms with Crippen LogP contribution < -0.4 is 10.1 Å². The summed E-state index contributed by atoms with van der Waals surface area (Å²) in [4.78, 5) is 54.5. The molecule has 12 heteroatoms. The van der Waals surface area contributed by atoms with E-state index >= 15 is 0 Å². The van der Waals surface area contributed by atoms with E-state index in [1.807, 2.05) is 38.1 Å². The Balaban J connectivity index is 1.31. The van der Waals surface area contributed by atoms with Crippen LogP contribution in [0.25, 0.3) is 22.0 Å². The van der Waals surface area contributed by atoms with Gasteiger partial charge in [0.05, 0.1) is 12.6 Å². The van der Waals surface area contributed by atoms with Crippen molar-refractivity contribution in [2.75, 3.05) is 12.4 Å². The van der Waals surface area contributed by atoms with Gasteiger partial charge >= 0.3 is 6.01 Å². The number of carbonyl (C=O) groups excluding carboxylic acids is 3. The van der Waals surface area contributed by atoms with Crippen LogP contribution in [0.15, 0.2) is 41.3 Å². The number of benzene rings is 1. The van der Waals surface area contributed by atoms with Gasteiger partial charge in [0.2, 0.25) is 11.8 Å². The molecule has 1 aliphatic carbocycles. The van der Waals surface area contributed by atoms with Crippen LogP contribution >= 0.6 is 15.9 Å². The number of amides is 2. The summed E-state index contributed by atoms with van der Waals surface area (Å²) < 4.78 is 7.27. The highest BCUT2D eigenvalue weighted by atomic mass is 79.9. The third-order valence-corrected chi connectivity index (χ3v) is 8.77. The summed E-state index contributed by atoms with van der Waals surface area (Å²) in [6.07, 6.45) is 4.74. The average molecular weight is 633 g/mol. The number of Topliss-reactive ketones (excluding diaryl/α,β-unsaturated/α-hetero) is 1. The molecule has 0 radical (unpaired) electrons. The van der Waals surface area contributed by atoms with Gasteiger partial charge in [0.1, 0.15) is 28.7 Å². The van der Waals surface area contributed by atoms with E-state index in [9.17, 15) is 14.4 Å². The molecule has 216 valence electrons. The molecule has 4 heterocycles. The molecule has 2 amide bonds. The van der Waals surface area contributed by atoms with E-state index in [4.69, 9.17) is 4.74 Å². The van der Waals surface area contributed by atoms with Crippen molar-refractivity contribution < 1.29 is 19.1 Å². The first-order chi connectivity index (χ1) is 20.0. The molecule has 2 aliphatic rings. The number of aromatic nitrogens is 5. The summed E-state index contributed by atoms with van der Waals surface area (Å²) in [7, 11) is 1.50. The summed E-state index contributed by atoms with van der Waals surface area (Å²) in [6, 6.07) is 7.12. The number of hydrogen-bond acceptors (Lipinski definition) is 8. The van der Waals surface area contributed by atoms with Crippen LogP contribution in [0.3, 0.4) is 0 Å². The second-order valence-corrected chi connectivity index (χ2v) is 12.2. The average Bonchev–Trinajstić information content (AvgIpc) is 3.30. The van der Waals surface area contributed by atoms with Crippen molar-refractivity contribution in [1.29, 1.82) is 0 Å². The first-order valence-electron chi connectivity index (χ1n) is 13.6. The van der Waals surface area contributed by atoms with Crippen molar-refractivity contribution in [1.82, 2.24) is 29.6 Å². The lowest BCUT2D eigenvalue weighted by Crippen LogP contribution is -2.47. The third kappa shape index (κ3) is 4.83. The predicted molar refractivity (Wildman–Crippen MR) is 159 cm³/mol. The number of likely N-dealkylation sites (tertiary alicyclic amines) is 1.